The van der Waals surface area contributed by atoms with Crippen LogP contribution in [0.2, 0.25) is 0 Å². The molecule has 0 aromatic heterocycles. The Morgan fingerprint density at radius 2 is 1.95 bits per heavy atom. The largest absolute Gasteiger partial charge is 0.492 e. The fourth-order valence-corrected chi connectivity index (χ4v) is 1.61. The topological polar surface area (TPSA) is 45.7 Å². The van der Waals surface area contributed by atoms with E-state index < -0.39 is 0 Å². The predicted octanol–water partition coefficient (Wildman–Crippen LogP) is 2.73. The Morgan fingerprint density at radius 1 is 1.25 bits per heavy atom. The molecule has 0 saturated carbocycles. The van der Waals surface area contributed by atoms with Gasteiger partial charge in [0.25, 0.3) is 0 Å². The zero-order chi connectivity index (χ0) is 14.8. The molecule has 4 heteroatoms. The Labute approximate surface area is 122 Å². The minimum Gasteiger partial charge on any atom is -0.492 e. The van der Waals surface area contributed by atoms with Crippen LogP contribution in [-0.4, -0.2) is 31.7 Å². The molecule has 112 valence electrons. The lowest BCUT2D eigenvalue weighted by molar-refractivity contribution is 0.328. The van der Waals surface area contributed by atoms with Crippen molar-refractivity contribution in [3.63, 3.8) is 0 Å². The van der Waals surface area contributed by atoms with Crippen LogP contribution in [0.4, 0.5) is 0 Å². The van der Waals surface area contributed by atoms with Crippen molar-refractivity contribution in [3.05, 3.63) is 29.8 Å². The van der Waals surface area contributed by atoms with Crippen LogP contribution >= 0.6 is 0 Å². The lowest BCUT2D eigenvalue weighted by Crippen LogP contribution is -2.42. The molecule has 0 saturated heterocycles. The van der Waals surface area contributed by atoms with Crippen LogP contribution in [0.25, 0.3) is 0 Å². The Balaban J connectivity index is 2.37. The number of nitrogens with zero attached hydrogens (tertiary/aromatic N) is 1. The number of aliphatic imine (C=N–C) groups is 1. The van der Waals surface area contributed by atoms with Crippen LogP contribution < -0.4 is 15.4 Å². The summed E-state index contributed by atoms with van der Waals surface area (Å²) in [7, 11) is 0. The summed E-state index contributed by atoms with van der Waals surface area (Å²) in [5.74, 6) is 1.75. The number of ether oxygens (including phenoxy) is 1. The van der Waals surface area contributed by atoms with Gasteiger partial charge in [0.15, 0.2) is 5.96 Å². The van der Waals surface area contributed by atoms with Gasteiger partial charge in [-0.2, -0.15) is 0 Å². The average molecular weight is 277 g/mol. The van der Waals surface area contributed by atoms with E-state index >= 15 is 0 Å². The molecule has 0 radical (unpaired) electrons. The molecule has 0 aliphatic heterocycles. The first-order chi connectivity index (χ1) is 9.65. The van der Waals surface area contributed by atoms with Gasteiger partial charge in [-0.25, -0.2) is 4.99 Å². The second kappa shape index (κ2) is 9.23. The summed E-state index contributed by atoms with van der Waals surface area (Å²) in [6.45, 7) is 10.5. The van der Waals surface area contributed by atoms with E-state index in [1.807, 2.05) is 24.3 Å². The number of hydrogen-bond donors (Lipinski definition) is 2. The van der Waals surface area contributed by atoms with Gasteiger partial charge >= 0.3 is 0 Å². The van der Waals surface area contributed by atoms with Gasteiger partial charge in [0.1, 0.15) is 12.4 Å². The van der Waals surface area contributed by atoms with Gasteiger partial charge in [0, 0.05) is 12.6 Å². The number of aryl methyl sites for hydroxylation is 1. The first-order valence-corrected chi connectivity index (χ1v) is 7.40. The van der Waals surface area contributed by atoms with Crippen LogP contribution in [-0.2, 0) is 0 Å². The van der Waals surface area contributed by atoms with Gasteiger partial charge < -0.3 is 15.4 Å². The summed E-state index contributed by atoms with van der Waals surface area (Å²) >= 11 is 0. The van der Waals surface area contributed by atoms with Gasteiger partial charge in [0.2, 0.25) is 0 Å². The highest BCUT2D eigenvalue weighted by molar-refractivity contribution is 5.80. The fraction of sp³-hybridized carbons (Fsp3) is 0.562. The van der Waals surface area contributed by atoms with Crippen molar-refractivity contribution in [1.82, 2.24) is 10.6 Å². The molecule has 2 N–H and O–H groups in total. The standard InChI is InChI=1S/C16H27N3O/c1-5-14(4)19-16(17-6-2)18-11-12-20-15-9-7-13(3)8-10-15/h7-10,14H,5-6,11-12H2,1-4H3,(H2,17,18,19). The monoisotopic (exact) mass is 277 g/mol. The number of hydrogen-bond acceptors (Lipinski definition) is 2. The van der Waals surface area contributed by atoms with E-state index in [1.165, 1.54) is 5.56 Å². The van der Waals surface area contributed by atoms with E-state index in [1.54, 1.807) is 0 Å². The maximum atomic E-state index is 5.66. The van der Waals surface area contributed by atoms with Gasteiger partial charge in [0.05, 0.1) is 6.54 Å². The summed E-state index contributed by atoms with van der Waals surface area (Å²) < 4.78 is 5.66. The molecule has 1 rings (SSSR count). The average Bonchev–Trinajstić information content (AvgIpc) is 2.45. The molecule has 0 bridgehead atoms. The van der Waals surface area contributed by atoms with Crippen LogP contribution in [0.3, 0.4) is 0 Å². The van der Waals surface area contributed by atoms with Gasteiger partial charge in [-0.15, -0.1) is 0 Å². The Bertz CT molecular complexity index is 401. The zero-order valence-corrected chi connectivity index (χ0v) is 13.1. The summed E-state index contributed by atoms with van der Waals surface area (Å²) in [5.41, 5.74) is 1.24. The molecular formula is C16H27N3O. The van der Waals surface area contributed by atoms with Crippen molar-refractivity contribution >= 4 is 5.96 Å². The third-order valence-electron chi connectivity index (χ3n) is 2.99. The lowest BCUT2D eigenvalue weighted by atomic mass is 10.2. The van der Waals surface area contributed by atoms with Crippen LogP contribution in [0.15, 0.2) is 29.3 Å². The van der Waals surface area contributed by atoms with Crippen molar-refractivity contribution in [3.8, 4) is 5.75 Å². The second-order valence-electron chi connectivity index (χ2n) is 4.88. The quantitative estimate of drug-likeness (QED) is 0.457. The van der Waals surface area contributed by atoms with Gasteiger partial charge in [-0.1, -0.05) is 24.6 Å². The molecule has 1 atom stereocenters. The lowest BCUT2D eigenvalue weighted by Gasteiger charge is -2.16. The van der Waals surface area contributed by atoms with E-state index in [4.69, 9.17) is 4.74 Å². The Hall–Kier alpha value is -1.71. The Kier molecular flexibility index (Phi) is 7.55. The van der Waals surface area contributed by atoms with Crippen molar-refractivity contribution in [2.24, 2.45) is 4.99 Å². The van der Waals surface area contributed by atoms with Crippen molar-refractivity contribution in [2.75, 3.05) is 19.7 Å². The molecule has 0 fully saturated rings. The van der Waals surface area contributed by atoms with E-state index in [9.17, 15) is 0 Å². The molecule has 0 aliphatic carbocycles. The van der Waals surface area contributed by atoms with E-state index in [2.05, 4.69) is 43.3 Å². The Morgan fingerprint density at radius 3 is 2.55 bits per heavy atom. The first-order valence-electron chi connectivity index (χ1n) is 7.40. The molecule has 0 aliphatic rings. The molecule has 0 amide bonds. The molecular weight excluding hydrogens is 250 g/mol. The molecule has 1 unspecified atom stereocenters. The molecule has 1 aromatic rings. The minimum atomic E-state index is 0.422. The normalized spacial score (nSPS) is 12.9. The van der Waals surface area contributed by atoms with E-state index in [-0.39, 0.29) is 0 Å². The number of benzene rings is 1. The van der Waals surface area contributed by atoms with E-state index in [0.29, 0.717) is 19.2 Å². The number of rotatable bonds is 7. The molecule has 0 spiro atoms. The van der Waals surface area contributed by atoms with Gasteiger partial charge in [-0.3, -0.25) is 0 Å². The smallest absolute Gasteiger partial charge is 0.191 e. The van der Waals surface area contributed by atoms with Crippen LogP contribution in [0.5, 0.6) is 5.75 Å². The summed E-state index contributed by atoms with van der Waals surface area (Å²) in [5, 5.41) is 6.59. The van der Waals surface area contributed by atoms with Crippen LogP contribution in [0, 0.1) is 6.92 Å². The third-order valence-corrected chi connectivity index (χ3v) is 2.99. The van der Waals surface area contributed by atoms with E-state index in [0.717, 1.165) is 24.7 Å². The number of guanidine groups is 1. The van der Waals surface area contributed by atoms with Crippen molar-refractivity contribution in [2.45, 2.75) is 40.2 Å². The maximum Gasteiger partial charge on any atom is 0.191 e. The zero-order valence-electron chi connectivity index (χ0n) is 13.1. The van der Waals surface area contributed by atoms with Crippen molar-refractivity contribution in [1.29, 1.82) is 0 Å². The molecule has 1 aromatic carbocycles. The van der Waals surface area contributed by atoms with Crippen LogP contribution in [0.1, 0.15) is 32.8 Å². The highest BCUT2D eigenvalue weighted by Crippen LogP contribution is 2.10. The summed E-state index contributed by atoms with van der Waals surface area (Å²) in [6.07, 6.45) is 1.07. The SMILES string of the molecule is CCNC(=NCCOc1ccc(C)cc1)NC(C)CC. The minimum absolute atomic E-state index is 0.422. The second-order valence-corrected chi connectivity index (χ2v) is 4.88. The maximum absolute atomic E-state index is 5.66. The molecule has 4 nitrogen and oxygen atoms in total. The number of nitrogens with one attached hydrogen (secondary N) is 2. The summed E-state index contributed by atoms with van der Waals surface area (Å²) in [4.78, 5) is 4.50. The first kappa shape index (κ1) is 16.3. The van der Waals surface area contributed by atoms with Crippen molar-refractivity contribution < 1.29 is 4.74 Å². The predicted molar refractivity (Wildman–Crippen MR) is 85.5 cm³/mol. The summed E-state index contributed by atoms with van der Waals surface area (Å²) in [6, 6.07) is 8.50. The fourth-order valence-electron chi connectivity index (χ4n) is 1.61. The van der Waals surface area contributed by atoms with Gasteiger partial charge in [-0.05, 0) is 39.3 Å². The highest BCUT2D eigenvalue weighted by atomic mass is 16.5. The third kappa shape index (κ3) is 6.45. The highest BCUT2D eigenvalue weighted by Gasteiger charge is 2.01. The molecule has 20 heavy (non-hydrogen) atoms. The molecule has 0 heterocycles.